The summed E-state index contributed by atoms with van der Waals surface area (Å²) in [5.74, 6) is -3.28. The number of esters is 3. The summed E-state index contributed by atoms with van der Waals surface area (Å²) in [7, 11) is -4.58. The van der Waals surface area contributed by atoms with Gasteiger partial charge in [0.15, 0.2) is 12.2 Å². The van der Waals surface area contributed by atoms with Crippen molar-refractivity contribution in [2.24, 2.45) is 11.8 Å². The molecule has 2 saturated heterocycles. The third kappa shape index (κ3) is 9.56. The van der Waals surface area contributed by atoms with E-state index in [0.29, 0.717) is 49.7 Å². The fourth-order valence-corrected chi connectivity index (χ4v) is 7.27. The van der Waals surface area contributed by atoms with Crippen molar-refractivity contribution in [2.75, 3.05) is 51.8 Å². The number of nitrogen functional groups attached to an aromatic ring is 1. The number of hydrogen-bond acceptors (Lipinski definition) is 15. The van der Waals surface area contributed by atoms with Gasteiger partial charge in [-0.25, -0.2) is 9.08 Å². The number of rotatable bonds is 16. The number of carbonyl (C=O) groups excluding carboxylic acids is 3. The van der Waals surface area contributed by atoms with Gasteiger partial charge in [-0.2, -0.15) is 15.4 Å². The SMILES string of the molecule is CC(C)C(=O)O[C@H]1[C@H](c2ccc3c(N)ccnn23)O[C@](C#N)(COP(=O)(N[C@@H](C)C(=O)OCCN2CCOCC2)Oc2ccccc2)[C@H]1OC(=O)C(C)C. The monoisotopic (exact) mass is 770 g/mol. The second kappa shape index (κ2) is 17.7. The van der Waals surface area contributed by atoms with Crippen molar-refractivity contribution < 1.29 is 51.7 Å². The third-order valence-corrected chi connectivity index (χ3v) is 10.4. The summed E-state index contributed by atoms with van der Waals surface area (Å²) in [5.41, 5.74) is 5.15. The molecule has 0 amide bonds. The highest BCUT2D eigenvalue weighted by atomic mass is 31.2. The lowest BCUT2D eigenvalue weighted by atomic mass is 9.95. The van der Waals surface area contributed by atoms with E-state index in [-0.39, 0.29) is 12.4 Å². The Kier molecular flexibility index (Phi) is 13.3. The first-order chi connectivity index (χ1) is 25.8. The first-order valence-electron chi connectivity index (χ1n) is 17.7. The second-order valence-corrected chi connectivity index (χ2v) is 15.3. The summed E-state index contributed by atoms with van der Waals surface area (Å²) in [4.78, 5) is 41.5. The van der Waals surface area contributed by atoms with E-state index in [9.17, 15) is 24.2 Å². The minimum absolute atomic E-state index is 0.0800. The van der Waals surface area contributed by atoms with E-state index in [0.717, 1.165) is 0 Å². The van der Waals surface area contributed by atoms with Crippen LogP contribution in [0.2, 0.25) is 0 Å². The van der Waals surface area contributed by atoms with Crippen LogP contribution >= 0.6 is 7.75 Å². The maximum absolute atomic E-state index is 14.6. The molecule has 2 aromatic heterocycles. The average molecular weight is 771 g/mol. The Morgan fingerprint density at radius 2 is 1.70 bits per heavy atom. The Labute approximate surface area is 313 Å². The molecule has 0 aliphatic carbocycles. The molecule has 0 saturated carbocycles. The molecule has 2 fully saturated rings. The summed E-state index contributed by atoms with van der Waals surface area (Å²) in [6.07, 6.45) is -2.82. The molecule has 17 nitrogen and oxygen atoms in total. The summed E-state index contributed by atoms with van der Waals surface area (Å²) in [6, 6.07) is 13.8. The predicted octanol–water partition coefficient (Wildman–Crippen LogP) is 3.44. The second-order valence-electron chi connectivity index (χ2n) is 13.6. The molecule has 3 aromatic rings. The lowest BCUT2D eigenvalue weighted by Crippen LogP contribution is -2.50. The fraction of sp³-hybridized carbons (Fsp3) is 0.528. The Morgan fingerprint density at radius 3 is 2.37 bits per heavy atom. The van der Waals surface area contributed by atoms with Gasteiger partial charge in [0, 0.05) is 25.8 Å². The lowest BCUT2D eigenvalue weighted by molar-refractivity contribution is -0.173. The van der Waals surface area contributed by atoms with Gasteiger partial charge in [-0.15, -0.1) is 0 Å². The molecule has 54 heavy (non-hydrogen) atoms. The molecular weight excluding hydrogens is 723 g/mol. The Balaban J connectivity index is 1.47. The molecule has 0 bridgehead atoms. The summed E-state index contributed by atoms with van der Waals surface area (Å²) in [6.45, 7) is 10.2. The van der Waals surface area contributed by atoms with Crippen LogP contribution in [0.5, 0.6) is 5.75 Å². The number of ether oxygens (including phenoxy) is 5. The molecular formula is C36H47N6O11P. The van der Waals surface area contributed by atoms with Crippen LogP contribution in [0.1, 0.15) is 46.4 Å². The zero-order chi connectivity index (χ0) is 39.0. The predicted molar refractivity (Wildman–Crippen MR) is 193 cm³/mol. The van der Waals surface area contributed by atoms with Crippen LogP contribution in [-0.4, -0.2) is 102 Å². The van der Waals surface area contributed by atoms with Crippen molar-refractivity contribution in [3.05, 3.63) is 60.4 Å². The molecule has 6 atom stereocenters. The molecule has 292 valence electrons. The van der Waals surface area contributed by atoms with E-state index >= 15 is 0 Å². The first-order valence-corrected chi connectivity index (χ1v) is 19.3. The number of hydrogen-bond donors (Lipinski definition) is 2. The number of nitrogens with two attached hydrogens (primary N) is 1. The molecule has 4 heterocycles. The van der Waals surface area contributed by atoms with Gasteiger partial charge in [0.05, 0.1) is 41.9 Å². The van der Waals surface area contributed by atoms with E-state index in [2.05, 4.69) is 15.1 Å². The van der Waals surface area contributed by atoms with Gasteiger partial charge >= 0.3 is 25.7 Å². The topological polar surface area (TPSA) is 215 Å². The average Bonchev–Trinajstić information content (AvgIpc) is 3.71. The number of nitriles is 1. The Morgan fingerprint density at radius 1 is 1.02 bits per heavy atom. The van der Waals surface area contributed by atoms with Crippen molar-refractivity contribution in [3.63, 3.8) is 0 Å². The van der Waals surface area contributed by atoms with Gasteiger partial charge < -0.3 is 33.9 Å². The fourth-order valence-electron chi connectivity index (χ4n) is 5.75. The van der Waals surface area contributed by atoms with Gasteiger partial charge in [0.2, 0.25) is 5.60 Å². The highest BCUT2D eigenvalue weighted by molar-refractivity contribution is 7.52. The molecule has 1 unspecified atom stereocenters. The zero-order valence-electron chi connectivity index (χ0n) is 30.9. The van der Waals surface area contributed by atoms with Crippen molar-refractivity contribution in [2.45, 2.75) is 64.6 Å². The molecule has 1 aromatic carbocycles. The minimum atomic E-state index is -4.58. The van der Waals surface area contributed by atoms with E-state index in [1.54, 1.807) is 64.1 Å². The Hall–Kier alpha value is -4.56. The van der Waals surface area contributed by atoms with E-state index in [1.165, 1.54) is 29.8 Å². The zero-order valence-corrected chi connectivity index (χ0v) is 31.8. The summed E-state index contributed by atoms with van der Waals surface area (Å²) < 4.78 is 56.9. The van der Waals surface area contributed by atoms with Crippen LogP contribution < -0.4 is 15.3 Å². The van der Waals surface area contributed by atoms with Crippen LogP contribution in [0.3, 0.4) is 0 Å². The maximum Gasteiger partial charge on any atom is 0.459 e. The number of morpholine rings is 1. The molecule has 0 spiro atoms. The molecule has 2 aliphatic heterocycles. The summed E-state index contributed by atoms with van der Waals surface area (Å²) >= 11 is 0. The van der Waals surface area contributed by atoms with E-state index in [1.807, 2.05) is 6.07 Å². The van der Waals surface area contributed by atoms with Crippen molar-refractivity contribution in [3.8, 4) is 11.8 Å². The molecule has 0 radical (unpaired) electrons. The molecule has 5 rings (SSSR count). The van der Waals surface area contributed by atoms with E-state index < -0.39 is 74.1 Å². The summed E-state index contributed by atoms with van der Waals surface area (Å²) in [5, 5.41) is 17.9. The molecule has 2 aliphatic rings. The van der Waals surface area contributed by atoms with Crippen LogP contribution in [0, 0.1) is 23.2 Å². The number of para-hydroxylation sites is 1. The molecule has 3 N–H and O–H groups in total. The van der Waals surface area contributed by atoms with Crippen molar-refractivity contribution in [1.29, 1.82) is 5.26 Å². The van der Waals surface area contributed by atoms with Gasteiger partial charge in [-0.3, -0.25) is 23.8 Å². The highest BCUT2D eigenvalue weighted by Gasteiger charge is 2.62. The number of nitrogens with one attached hydrogen (secondary N) is 1. The van der Waals surface area contributed by atoms with Gasteiger partial charge in [0.25, 0.3) is 0 Å². The van der Waals surface area contributed by atoms with Crippen LogP contribution in [0.25, 0.3) is 5.52 Å². The first kappa shape index (κ1) is 40.6. The smallest absolute Gasteiger partial charge is 0.459 e. The highest BCUT2D eigenvalue weighted by Crippen LogP contribution is 2.50. The van der Waals surface area contributed by atoms with Crippen molar-refractivity contribution >= 4 is 36.9 Å². The number of aromatic nitrogens is 2. The largest absolute Gasteiger partial charge is 0.463 e. The minimum Gasteiger partial charge on any atom is -0.463 e. The quantitative estimate of drug-likeness (QED) is 0.121. The number of anilines is 1. The molecule has 18 heteroatoms. The van der Waals surface area contributed by atoms with Crippen LogP contribution in [0.4, 0.5) is 5.69 Å². The third-order valence-electron chi connectivity index (χ3n) is 8.81. The lowest BCUT2D eigenvalue weighted by Gasteiger charge is -2.31. The van der Waals surface area contributed by atoms with Gasteiger partial charge in [-0.05, 0) is 37.3 Å². The maximum atomic E-state index is 14.6. The van der Waals surface area contributed by atoms with E-state index in [4.69, 9.17) is 38.5 Å². The number of fused-ring (bicyclic) bond motifs is 1. The van der Waals surface area contributed by atoms with Crippen molar-refractivity contribution in [1.82, 2.24) is 19.6 Å². The van der Waals surface area contributed by atoms with Crippen LogP contribution in [0.15, 0.2) is 54.7 Å². The normalized spacial score (nSPS) is 23.4. The van der Waals surface area contributed by atoms with Crippen LogP contribution in [-0.2, 0) is 47.2 Å². The Bertz CT molecular complexity index is 1860. The standard InChI is InChI=1S/C36H47N6O11P/c1-23(2)33(43)50-31-30(29-12-11-28-27(38)13-14-39-42(28)29)52-36(21-37,32(31)51-34(44)24(3)4)22-49-54(46,53-26-9-7-6-8-10-26)40-25(5)35(45)48-20-17-41-15-18-47-19-16-41/h6-14,23-25,30-32H,15-20,22,38H2,1-5H3,(H,40,46)/t25-,30-,31-,32-,36+,54?/m0/s1. The number of carbonyl (C=O) groups is 3. The van der Waals surface area contributed by atoms with Gasteiger partial charge in [0.1, 0.15) is 37.2 Å². The number of nitrogens with zero attached hydrogens (tertiary/aromatic N) is 4. The number of benzene rings is 1. The van der Waals surface area contributed by atoms with Gasteiger partial charge in [-0.1, -0.05) is 45.9 Å².